The van der Waals surface area contributed by atoms with E-state index in [1.807, 2.05) is 6.07 Å². The van der Waals surface area contributed by atoms with Crippen LogP contribution in [0.2, 0.25) is 0 Å². The zero-order chi connectivity index (χ0) is 16.0. The van der Waals surface area contributed by atoms with Gasteiger partial charge in [0.25, 0.3) is 0 Å². The highest BCUT2D eigenvalue weighted by Crippen LogP contribution is 2.20. The lowest BCUT2D eigenvalue weighted by Crippen LogP contribution is -2.37. The van der Waals surface area contributed by atoms with Gasteiger partial charge in [-0.05, 0) is 38.1 Å². The number of benzene rings is 1. The first-order chi connectivity index (χ1) is 9.78. The summed E-state index contributed by atoms with van der Waals surface area (Å²) in [6.07, 6.45) is 0.140. The van der Waals surface area contributed by atoms with Crippen LogP contribution < -0.4 is 5.32 Å². The first-order valence-electron chi connectivity index (χ1n) is 6.55. The Labute approximate surface area is 125 Å². The van der Waals surface area contributed by atoms with E-state index in [0.717, 1.165) is 0 Å². The van der Waals surface area contributed by atoms with E-state index in [2.05, 4.69) is 5.32 Å². The second-order valence-corrected chi connectivity index (χ2v) is 6.71. The second kappa shape index (κ2) is 7.20. The fourth-order valence-corrected chi connectivity index (χ4v) is 3.50. The van der Waals surface area contributed by atoms with Crippen molar-refractivity contribution in [2.24, 2.45) is 0 Å². The van der Waals surface area contributed by atoms with Gasteiger partial charge in [0.2, 0.25) is 15.9 Å². The van der Waals surface area contributed by atoms with Crippen molar-refractivity contribution in [2.75, 3.05) is 11.9 Å². The zero-order valence-electron chi connectivity index (χ0n) is 12.3. The Morgan fingerprint density at radius 3 is 2.33 bits per heavy atom. The number of rotatable bonds is 6. The van der Waals surface area contributed by atoms with Crippen molar-refractivity contribution in [1.82, 2.24) is 4.31 Å². The van der Waals surface area contributed by atoms with Crippen LogP contribution in [0.25, 0.3) is 0 Å². The van der Waals surface area contributed by atoms with E-state index in [1.165, 1.54) is 35.5 Å². The van der Waals surface area contributed by atoms with E-state index >= 15 is 0 Å². The number of nitriles is 1. The van der Waals surface area contributed by atoms with E-state index in [0.29, 0.717) is 5.69 Å². The summed E-state index contributed by atoms with van der Waals surface area (Å²) >= 11 is 0. The van der Waals surface area contributed by atoms with Gasteiger partial charge in [0.1, 0.15) is 0 Å². The molecule has 1 aromatic carbocycles. The fourth-order valence-electron chi connectivity index (χ4n) is 1.87. The summed E-state index contributed by atoms with van der Waals surface area (Å²) in [5, 5.41) is 11.2. The molecule has 114 valence electrons. The van der Waals surface area contributed by atoms with Gasteiger partial charge >= 0.3 is 0 Å². The maximum atomic E-state index is 12.5. The van der Waals surface area contributed by atoms with Crippen molar-refractivity contribution in [3.63, 3.8) is 0 Å². The molecule has 0 atom stereocenters. The highest BCUT2D eigenvalue weighted by Gasteiger charge is 2.26. The Balaban J connectivity index is 3.05. The fraction of sp³-hybridized carbons (Fsp3) is 0.429. The Hall–Kier alpha value is -1.91. The molecule has 1 amide bonds. The molecule has 0 heterocycles. The standard InChI is InChI=1S/C14H19N3O3S/c1-11(2)17(10-4-9-15)21(19,20)14-7-5-13(6-8-14)16-12(3)18/h5-8,11H,4,10H2,1-3H3,(H,16,18). The van der Waals surface area contributed by atoms with Gasteiger partial charge in [0.05, 0.1) is 11.0 Å². The first-order valence-corrected chi connectivity index (χ1v) is 7.99. The minimum absolute atomic E-state index is 0.140. The molecular formula is C14H19N3O3S. The van der Waals surface area contributed by atoms with E-state index in [1.54, 1.807) is 13.8 Å². The Kier molecular flexibility index (Phi) is 5.88. The third-order valence-corrected chi connectivity index (χ3v) is 4.89. The average molecular weight is 309 g/mol. The third kappa shape index (κ3) is 4.55. The zero-order valence-corrected chi connectivity index (χ0v) is 13.1. The predicted octanol–water partition coefficient (Wildman–Crippen LogP) is 1.96. The normalized spacial score (nSPS) is 11.4. The van der Waals surface area contributed by atoms with E-state index in [-0.39, 0.29) is 29.8 Å². The molecular weight excluding hydrogens is 290 g/mol. The number of sulfonamides is 1. The molecule has 0 unspecified atom stereocenters. The van der Waals surface area contributed by atoms with Crippen LogP contribution in [0.15, 0.2) is 29.2 Å². The van der Waals surface area contributed by atoms with Gasteiger partial charge in [-0.15, -0.1) is 0 Å². The van der Waals surface area contributed by atoms with Crippen molar-refractivity contribution < 1.29 is 13.2 Å². The molecule has 0 aliphatic rings. The highest BCUT2D eigenvalue weighted by molar-refractivity contribution is 7.89. The average Bonchev–Trinajstić information content (AvgIpc) is 2.38. The monoisotopic (exact) mass is 309 g/mol. The van der Waals surface area contributed by atoms with Gasteiger partial charge in [-0.2, -0.15) is 9.57 Å². The number of anilines is 1. The summed E-state index contributed by atoms with van der Waals surface area (Å²) in [4.78, 5) is 11.1. The van der Waals surface area contributed by atoms with Crippen LogP contribution in [-0.4, -0.2) is 31.2 Å². The van der Waals surface area contributed by atoms with E-state index in [4.69, 9.17) is 5.26 Å². The Morgan fingerprint density at radius 1 is 1.33 bits per heavy atom. The van der Waals surface area contributed by atoms with Crippen molar-refractivity contribution in [3.8, 4) is 6.07 Å². The molecule has 0 radical (unpaired) electrons. The van der Waals surface area contributed by atoms with E-state index in [9.17, 15) is 13.2 Å². The first kappa shape index (κ1) is 17.1. The summed E-state index contributed by atoms with van der Waals surface area (Å²) in [6.45, 7) is 5.07. The minimum Gasteiger partial charge on any atom is -0.326 e. The summed E-state index contributed by atoms with van der Waals surface area (Å²) < 4.78 is 26.4. The highest BCUT2D eigenvalue weighted by atomic mass is 32.2. The van der Waals surface area contributed by atoms with Crippen LogP contribution in [-0.2, 0) is 14.8 Å². The smallest absolute Gasteiger partial charge is 0.243 e. The predicted molar refractivity (Wildman–Crippen MR) is 80.0 cm³/mol. The van der Waals surface area contributed by atoms with Gasteiger partial charge in [0, 0.05) is 31.6 Å². The van der Waals surface area contributed by atoms with Crippen LogP contribution in [0.3, 0.4) is 0 Å². The number of carbonyl (C=O) groups is 1. The number of nitrogens with zero attached hydrogens (tertiary/aromatic N) is 2. The van der Waals surface area contributed by atoms with Gasteiger partial charge in [-0.25, -0.2) is 8.42 Å². The summed E-state index contributed by atoms with van der Waals surface area (Å²) in [6, 6.07) is 7.69. The second-order valence-electron chi connectivity index (χ2n) is 4.82. The number of nitrogens with one attached hydrogen (secondary N) is 1. The molecule has 1 rings (SSSR count). The molecule has 21 heavy (non-hydrogen) atoms. The third-order valence-electron chi connectivity index (χ3n) is 2.80. The molecule has 0 aliphatic heterocycles. The largest absolute Gasteiger partial charge is 0.326 e. The van der Waals surface area contributed by atoms with Crippen LogP contribution in [0.4, 0.5) is 5.69 Å². The number of amides is 1. The van der Waals surface area contributed by atoms with Gasteiger partial charge in [0.15, 0.2) is 0 Å². The molecule has 0 bridgehead atoms. The minimum atomic E-state index is -3.65. The van der Waals surface area contributed by atoms with Crippen LogP contribution >= 0.6 is 0 Å². The summed E-state index contributed by atoms with van der Waals surface area (Å²) in [5.41, 5.74) is 0.537. The van der Waals surface area contributed by atoms with Crippen molar-refractivity contribution in [1.29, 1.82) is 5.26 Å². The lowest BCUT2D eigenvalue weighted by atomic mass is 10.3. The maximum Gasteiger partial charge on any atom is 0.243 e. The summed E-state index contributed by atoms with van der Waals surface area (Å²) in [5.74, 6) is -0.219. The Bertz CT molecular complexity index is 630. The topological polar surface area (TPSA) is 90.3 Å². The van der Waals surface area contributed by atoms with Crippen molar-refractivity contribution >= 4 is 21.6 Å². The molecule has 0 spiro atoms. The molecule has 0 fully saturated rings. The SMILES string of the molecule is CC(=O)Nc1ccc(S(=O)(=O)N(CCC#N)C(C)C)cc1. The molecule has 7 heteroatoms. The molecule has 1 aromatic rings. The molecule has 0 saturated heterocycles. The van der Waals surface area contributed by atoms with Crippen molar-refractivity contribution in [3.05, 3.63) is 24.3 Å². The van der Waals surface area contributed by atoms with E-state index < -0.39 is 10.0 Å². The number of hydrogen-bond donors (Lipinski definition) is 1. The lowest BCUT2D eigenvalue weighted by Gasteiger charge is -2.25. The molecule has 0 saturated carbocycles. The molecule has 6 nitrogen and oxygen atoms in total. The lowest BCUT2D eigenvalue weighted by molar-refractivity contribution is -0.114. The van der Waals surface area contributed by atoms with Crippen LogP contribution in [0.5, 0.6) is 0 Å². The number of carbonyl (C=O) groups excluding carboxylic acids is 1. The van der Waals surface area contributed by atoms with Gasteiger partial charge < -0.3 is 5.32 Å². The quantitative estimate of drug-likeness (QED) is 0.869. The molecule has 0 aromatic heterocycles. The maximum absolute atomic E-state index is 12.5. The Morgan fingerprint density at radius 2 is 1.90 bits per heavy atom. The van der Waals surface area contributed by atoms with Gasteiger partial charge in [-0.1, -0.05) is 0 Å². The van der Waals surface area contributed by atoms with Crippen LogP contribution in [0.1, 0.15) is 27.2 Å². The summed E-state index contributed by atoms with van der Waals surface area (Å²) in [7, 11) is -3.65. The van der Waals surface area contributed by atoms with Crippen molar-refractivity contribution in [2.45, 2.75) is 38.1 Å². The number of hydrogen-bond acceptors (Lipinski definition) is 4. The molecule has 1 N–H and O–H groups in total. The van der Waals surface area contributed by atoms with Gasteiger partial charge in [-0.3, -0.25) is 4.79 Å². The van der Waals surface area contributed by atoms with Crippen LogP contribution in [0, 0.1) is 11.3 Å². The molecule has 0 aliphatic carbocycles.